The maximum atomic E-state index is 10.3. The molecule has 0 aromatic carbocycles. The summed E-state index contributed by atoms with van der Waals surface area (Å²) in [4.78, 5) is 20.3. The number of nitrogens with two attached hydrogens (primary N) is 1. The van der Waals surface area contributed by atoms with E-state index in [0.717, 1.165) is 32.3 Å². The van der Waals surface area contributed by atoms with Crippen molar-refractivity contribution in [3.05, 3.63) is 0 Å². The molecule has 0 rings (SSSR count). The molecule has 0 bridgehead atoms. The van der Waals surface area contributed by atoms with E-state index in [4.69, 9.17) is 5.73 Å². The second-order valence-corrected chi connectivity index (χ2v) is 3.82. The summed E-state index contributed by atoms with van der Waals surface area (Å²) in [6, 6.07) is 0. The van der Waals surface area contributed by atoms with Crippen LogP contribution in [0.25, 0.3) is 0 Å². The Hall–Kier alpha value is -1.27. The minimum absolute atomic E-state index is 0.00745. The molecule has 0 aromatic rings. The number of amides is 1. The highest BCUT2D eigenvalue weighted by atomic mass is 16.1. The van der Waals surface area contributed by atoms with Gasteiger partial charge >= 0.3 is 0 Å². The zero-order valence-electron chi connectivity index (χ0n) is 10.9. The Morgan fingerprint density at radius 3 is 2.88 bits per heavy atom. The van der Waals surface area contributed by atoms with Crippen molar-refractivity contribution in [3.8, 4) is 0 Å². The highest BCUT2D eigenvalue weighted by molar-refractivity contribution is 6.26. The SMILES string of the molecule is CCN(C)CCCNC(C)/N=C\N=C\C(N)=O. The third-order valence-corrected chi connectivity index (χ3v) is 2.25. The first kappa shape index (κ1) is 15.7. The van der Waals surface area contributed by atoms with Crippen molar-refractivity contribution in [2.45, 2.75) is 26.4 Å². The van der Waals surface area contributed by atoms with Crippen LogP contribution in [0, 0.1) is 0 Å². The van der Waals surface area contributed by atoms with Crippen LogP contribution in [0.2, 0.25) is 0 Å². The molecule has 0 aliphatic heterocycles. The van der Waals surface area contributed by atoms with E-state index in [0.29, 0.717) is 0 Å². The lowest BCUT2D eigenvalue weighted by atomic mass is 10.4. The molecule has 0 radical (unpaired) electrons. The van der Waals surface area contributed by atoms with Gasteiger partial charge in [0.2, 0.25) is 0 Å². The van der Waals surface area contributed by atoms with E-state index in [1.165, 1.54) is 6.34 Å². The monoisotopic (exact) mass is 241 g/mol. The average molecular weight is 241 g/mol. The van der Waals surface area contributed by atoms with Crippen molar-refractivity contribution in [3.63, 3.8) is 0 Å². The van der Waals surface area contributed by atoms with Crippen LogP contribution in [0.15, 0.2) is 9.98 Å². The fraction of sp³-hybridized carbons (Fsp3) is 0.727. The van der Waals surface area contributed by atoms with Gasteiger partial charge in [-0.05, 0) is 40.0 Å². The number of carbonyl (C=O) groups excluding carboxylic acids is 1. The molecule has 0 spiro atoms. The summed E-state index contributed by atoms with van der Waals surface area (Å²) in [6.45, 7) is 7.11. The van der Waals surface area contributed by atoms with Gasteiger partial charge < -0.3 is 10.6 Å². The molecule has 98 valence electrons. The van der Waals surface area contributed by atoms with Gasteiger partial charge in [-0.2, -0.15) is 0 Å². The number of nitrogens with one attached hydrogen (secondary N) is 1. The molecule has 1 unspecified atom stereocenters. The number of rotatable bonds is 9. The number of nitrogens with zero attached hydrogens (tertiary/aromatic N) is 3. The highest BCUT2D eigenvalue weighted by Gasteiger charge is 1.97. The Kier molecular flexibility index (Phi) is 9.18. The summed E-state index contributed by atoms with van der Waals surface area (Å²) in [5.41, 5.74) is 4.88. The minimum atomic E-state index is -0.570. The molecule has 0 saturated carbocycles. The van der Waals surface area contributed by atoms with Crippen LogP contribution in [0.5, 0.6) is 0 Å². The van der Waals surface area contributed by atoms with Gasteiger partial charge in [0.05, 0.1) is 12.4 Å². The largest absolute Gasteiger partial charge is 0.365 e. The van der Waals surface area contributed by atoms with E-state index >= 15 is 0 Å². The summed E-state index contributed by atoms with van der Waals surface area (Å²) >= 11 is 0. The Morgan fingerprint density at radius 1 is 1.59 bits per heavy atom. The molecule has 1 atom stereocenters. The molecule has 6 heteroatoms. The molecule has 3 N–H and O–H groups in total. The summed E-state index contributed by atoms with van der Waals surface area (Å²) in [7, 11) is 2.10. The quantitative estimate of drug-likeness (QED) is 0.334. The lowest BCUT2D eigenvalue weighted by molar-refractivity contribution is -0.111. The predicted octanol–water partition coefficient (Wildman–Crippen LogP) is -0.152. The van der Waals surface area contributed by atoms with Crippen molar-refractivity contribution in [1.82, 2.24) is 10.2 Å². The van der Waals surface area contributed by atoms with Gasteiger partial charge in [0.25, 0.3) is 5.91 Å². The van der Waals surface area contributed by atoms with E-state index in [2.05, 4.69) is 34.2 Å². The molecule has 0 aliphatic carbocycles. The molecular weight excluding hydrogens is 218 g/mol. The van der Waals surface area contributed by atoms with Crippen LogP contribution < -0.4 is 11.1 Å². The Labute approximate surface area is 103 Å². The molecule has 0 aromatic heterocycles. The van der Waals surface area contributed by atoms with Crippen molar-refractivity contribution in [2.75, 3.05) is 26.7 Å². The molecule has 17 heavy (non-hydrogen) atoms. The van der Waals surface area contributed by atoms with Gasteiger partial charge in [-0.3, -0.25) is 15.1 Å². The predicted molar refractivity (Wildman–Crippen MR) is 71.4 cm³/mol. The Bertz CT molecular complexity index is 265. The number of hydrogen-bond acceptors (Lipinski definition) is 4. The van der Waals surface area contributed by atoms with E-state index in [9.17, 15) is 4.79 Å². The summed E-state index contributed by atoms with van der Waals surface area (Å²) in [5.74, 6) is -0.570. The van der Waals surface area contributed by atoms with E-state index in [-0.39, 0.29) is 6.17 Å². The first-order chi connectivity index (χ1) is 8.06. The lowest BCUT2D eigenvalue weighted by Gasteiger charge is -2.14. The molecular formula is C11H23N5O. The molecule has 1 amide bonds. The fourth-order valence-corrected chi connectivity index (χ4v) is 1.12. The first-order valence-corrected chi connectivity index (χ1v) is 5.82. The van der Waals surface area contributed by atoms with Crippen LogP contribution in [0.3, 0.4) is 0 Å². The maximum absolute atomic E-state index is 10.3. The standard InChI is InChI=1S/C11H23N5O/c1-4-16(3)7-5-6-14-10(2)15-9-13-8-11(12)17/h8-10,14H,4-7H2,1-3H3,(H2,12,17)/b13-8+,15-9-. The van der Waals surface area contributed by atoms with Gasteiger partial charge in [-0.15, -0.1) is 0 Å². The molecule has 6 nitrogen and oxygen atoms in total. The van der Waals surface area contributed by atoms with Crippen molar-refractivity contribution < 1.29 is 4.79 Å². The first-order valence-electron chi connectivity index (χ1n) is 5.82. The molecule has 0 fully saturated rings. The number of primary amides is 1. The second-order valence-electron chi connectivity index (χ2n) is 3.82. The van der Waals surface area contributed by atoms with Gasteiger partial charge in [0.1, 0.15) is 6.34 Å². The van der Waals surface area contributed by atoms with Crippen LogP contribution in [0.1, 0.15) is 20.3 Å². The topological polar surface area (TPSA) is 83.1 Å². The van der Waals surface area contributed by atoms with Crippen LogP contribution in [-0.2, 0) is 4.79 Å². The van der Waals surface area contributed by atoms with Crippen LogP contribution >= 0.6 is 0 Å². The maximum Gasteiger partial charge on any atom is 0.259 e. The Balaban J connectivity index is 3.59. The highest BCUT2D eigenvalue weighted by Crippen LogP contribution is 1.87. The third kappa shape index (κ3) is 11.0. The number of aliphatic imine (C=N–C) groups is 2. The third-order valence-electron chi connectivity index (χ3n) is 2.25. The second kappa shape index (κ2) is 9.92. The summed E-state index contributed by atoms with van der Waals surface area (Å²) in [5, 5.41) is 3.24. The smallest absolute Gasteiger partial charge is 0.259 e. The summed E-state index contributed by atoms with van der Waals surface area (Å²) in [6.07, 6.45) is 3.44. The average Bonchev–Trinajstić information content (AvgIpc) is 2.29. The van der Waals surface area contributed by atoms with E-state index in [1.807, 2.05) is 6.92 Å². The van der Waals surface area contributed by atoms with Gasteiger partial charge in [-0.1, -0.05) is 6.92 Å². The van der Waals surface area contributed by atoms with Crippen molar-refractivity contribution >= 4 is 18.5 Å². The number of carbonyl (C=O) groups is 1. The molecule has 0 saturated heterocycles. The van der Waals surface area contributed by atoms with Gasteiger partial charge in [0, 0.05) is 0 Å². The fourth-order valence-electron chi connectivity index (χ4n) is 1.12. The molecule has 0 aliphatic rings. The van der Waals surface area contributed by atoms with Gasteiger partial charge in [0.15, 0.2) is 0 Å². The zero-order chi connectivity index (χ0) is 13.1. The van der Waals surface area contributed by atoms with Gasteiger partial charge in [-0.25, -0.2) is 4.99 Å². The number of hydrogen-bond donors (Lipinski definition) is 2. The minimum Gasteiger partial charge on any atom is -0.365 e. The zero-order valence-corrected chi connectivity index (χ0v) is 10.9. The van der Waals surface area contributed by atoms with Crippen molar-refractivity contribution in [1.29, 1.82) is 0 Å². The van der Waals surface area contributed by atoms with Crippen molar-refractivity contribution in [2.24, 2.45) is 15.7 Å². The molecule has 0 heterocycles. The van der Waals surface area contributed by atoms with E-state index in [1.54, 1.807) is 0 Å². The normalized spacial score (nSPS) is 13.9. The lowest BCUT2D eigenvalue weighted by Crippen LogP contribution is -2.28. The van der Waals surface area contributed by atoms with Crippen LogP contribution in [0.4, 0.5) is 0 Å². The van der Waals surface area contributed by atoms with E-state index < -0.39 is 5.91 Å². The van der Waals surface area contributed by atoms with Crippen LogP contribution in [-0.4, -0.2) is 56.2 Å². The Morgan fingerprint density at radius 2 is 2.29 bits per heavy atom. The summed E-state index contributed by atoms with van der Waals surface area (Å²) < 4.78 is 0.